The van der Waals surface area contributed by atoms with Gasteiger partial charge >= 0.3 is 0 Å². The molecule has 32 heavy (non-hydrogen) atoms. The molecule has 0 spiro atoms. The smallest absolute Gasteiger partial charge is 0.257 e. The van der Waals surface area contributed by atoms with Gasteiger partial charge in [-0.25, -0.2) is 4.98 Å². The Labute approximate surface area is 191 Å². The van der Waals surface area contributed by atoms with E-state index in [9.17, 15) is 4.79 Å². The second kappa shape index (κ2) is 9.62. The average Bonchev–Trinajstić information content (AvgIpc) is 3.21. The number of benzene rings is 3. The Balaban J connectivity index is 1.40. The molecule has 162 valence electrons. The van der Waals surface area contributed by atoms with Crippen molar-refractivity contribution >= 4 is 40.0 Å². The van der Waals surface area contributed by atoms with Gasteiger partial charge in [-0.2, -0.15) is 0 Å². The summed E-state index contributed by atoms with van der Waals surface area (Å²) in [5.41, 5.74) is 4.65. The van der Waals surface area contributed by atoms with Crippen LogP contribution in [0.25, 0.3) is 22.6 Å². The molecule has 0 fully saturated rings. The van der Waals surface area contributed by atoms with Gasteiger partial charge in [0.15, 0.2) is 10.7 Å². The normalized spacial score (nSPS) is 10.7. The summed E-state index contributed by atoms with van der Waals surface area (Å²) in [5, 5.41) is 5.91. The minimum Gasteiger partial charge on any atom is -0.494 e. The Kier molecular flexibility index (Phi) is 6.47. The molecule has 0 unspecified atom stereocenters. The van der Waals surface area contributed by atoms with Gasteiger partial charge in [-0.1, -0.05) is 24.6 Å². The zero-order valence-electron chi connectivity index (χ0n) is 17.8. The molecule has 0 radical (unpaired) electrons. The second-order valence-electron chi connectivity index (χ2n) is 7.35. The van der Waals surface area contributed by atoms with Crippen molar-refractivity contribution in [2.45, 2.75) is 20.3 Å². The SMILES string of the molecule is CCCOc1ccc(C(=O)NC(=S)Nc2ccc3oc(-c4ccc(C)cc4)nc3c2)cc1. The van der Waals surface area contributed by atoms with Gasteiger partial charge in [-0.3, -0.25) is 10.1 Å². The standard InChI is InChI=1S/C25H23N3O3S/c1-3-14-30-20-11-8-17(9-12-20)23(29)28-25(32)26-19-10-13-22-21(15-19)27-24(31-22)18-6-4-16(2)5-7-18/h4-13,15H,3,14H2,1-2H3,(H2,26,28,29,32). The number of ether oxygens (including phenoxy) is 1. The molecule has 0 saturated heterocycles. The maximum absolute atomic E-state index is 12.5. The highest BCUT2D eigenvalue weighted by Crippen LogP contribution is 2.26. The lowest BCUT2D eigenvalue weighted by molar-refractivity contribution is 0.0977. The van der Waals surface area contributed by atoms with Crippen LogP contribution in [0.4, 0.5) is 5.69 Å². The lowest BCUT2D eigenvalue weighted by Gasteiger charge is -2.10. The van der Waals surface area contributed by atoms with E-state index < -0.39 is 0 Å². The van der Waals surface area contributed by atoms with Gasteiger partial charge in [0, 0.05) is 16.8 Å². The number of aryl methyl sites for hydroxylation is 1. The summed E-state index contributed by atoms with van der Waals surface area (Å²) in [6.07, 6.45) is 0.926. The van der Waals surface area contributed by atoms with Crippen LogP contribution >= 0.6 is 12.2 Å². The van der Waals surface area contributed by atoms with E-state index >= 15 is 0 Å². The number of nitrogens with zero attached hydrogens (tertiary/aromatic N) is 1. The van der Waals surface area contributed by atoms with E-state index in [-0.39, 0.29) is 11.0 Å². The molecular formula is C25H23N3O3S. The summed E-state index contributed by atoms with van der Waals surface area (Å²) in [5.74, 6) is 0.989. The molecule has 0 bridgehead atoms. The number of oxazole rings is 1. The van der Waals surface area contributed by atoms with Gasteiger partial charge in [-0.05, 0) is 80.2 Å². The van der Waals surface area contributed by atoms with Crippen molar-refractivity contribution in [3.63, 3.8) is 0 Å². The molecule has 7 heteroatoms. The fourth-order valence-corrected chi connectivity index (χ4v) is 3.30. The summed E-state index contributed by atoms with van der Waals surface area (Å²) in [6.45, 7) is 4.72. The largest absolute Gasteiger partial charge is 0.494 e. The summed E-state index contributed by atoms with van der Waals surface area (Å²) < 4.78 is 11.4. The molecule has 1 aromatic heterocycles. The number of carbonyl (C=O) groups is 1. The van der Waals surface area contributed by atoms with Crippen LogP contribution in [0.15, 0.2) is 71.1 Å². The first-order valence-electron chi connectivity index (χ1n) is 10.3. The van der Waals surface area contributed by atoms with Crippen molar-refractivity contribution in [2.75, 3.05) is 11.9 Å². The zero-order valence-corrected chi connectivity index (χ0v) is 18.7. The maximum atomic E-state index is 12.5. The third-order valence-corrected chi connectivity index (χ3v) is 4.96. The van der Waals surface area contributed by atoms with Crippen LogP contribution in [0, 0.1) is 6.92 Å². The summed E-state index contributed by atoms with van der Waals surface area (Å²) in [4.78, 5) is 17.0. The minimum absolute atomic E-state index is 0.197. The minimum atomic E-state index is -0.297. The van der Waals surface area contributed by atoms with E-state index in [4.69, 9.17) is 21.4 Å². The van der Waals surface area contributed by atoms with Crippen LogP contribution in [0.1, 0.15) is 29.3 Å². The predicted molar refractivity (Wildman–Crippen MR) is 130 cm³/mol. The highest BCUT2D eigenvalue weighted by Gasteiger charge is 2.11. The number of nitrogens with one attached hydrogen (secondary N) is 2. The van der Waals surface area contributed by atoms with Gasteiger partial charge < -0.3 is 14.5 Å². The number of thiocarbonyl (C=S) groups is 1. The number of hydrogen-bond acceptors (Lipinski definition) is 5. The fraction of sp³-hybridized carbons (Fsp3) is 0.160. The summed E-state index contributed by atoms with van der Waals surface area (Å²) in [6, 6.07) is 20.4. The quantitative estimate of drug-likeness (QED) is 0.370. The predicted octanol–water partition coefficient (Wildman–Crippen LogP) is 5.72. The van der Waals surface area contributed by atoms with E-state index in [0.29, 0.717) is 34.8 Å². The first-order valence-corrected chi connectivity index (χ1v) is 10.8. The monoisotopic (exact) mass is 445 g/mol. The third-order valence-electron chi connectivity index (χ3n) is 4.76. The lowest BCUT2D eigenvalue weighted by atomic mass is 10.1. The number of rotatable bonds is 6. The molecule has 6 nitrogen and oxygen atoms in total. The number of carbonyl (C=O) groups excluding carboxylic acids is 1. The van der Waals surface area contributed by atoms with Crippen molar-refractivity contribution in [3.8, 4) is 17.2 Å². The highest BCUT2D eigenvalue weighted by atomic mass is 32.1. The van der Waals surface area contributed by atoms with Crippen LogP contribution in [0.5, 0.6) is 5.75 Å². The highest BCUT2D eigenvalue weighted by molar-refractivity contribution is 7.80. The number of aromatic nitrogens is 1. The van der Waals surface area contributed by atoms with E-state index in [1.54, 1.807) is 24.3 Å². The number of amides is 1. The topological polar surface area (TPSA) is 76.4 Å². The summed E-state index contributed by atoms with van der Waals surface area (Å²) >= 11 is 5.30. The Bertz CT molecular complexity index is 1250. The number of anilines is 1. The Morgan fingerprint density at radius 3 is 2.53 bits per heavy atom. The summed E-state index contributed by atoms with van der Waals surface area (Å²) in [7, 11) is 0. The van der Waals surface area contributed by atoms with Crippen molar-refractivity contribution in [3.05, 3.63) is 77.9 Å². The maximum Gasteiger partial charge on any atom is 0.257 e. The van der Waals surface area contributed by atoms with Gasteiger partial charge in [0.2, 0.25) is 5.89 Å². The third kappa shape index (κ3) is 5.12. The van der Waals surface area contributed by atoms with E-state index in [2.05, 4.69) is 15.6 Å². The van der Waals surface area contributed by atoms with Crippen molar-refractivity contribution in [2.24, 2.45) is 0 Å². The molecule has 4 aromatic rings. The van der Waals surface area contributed by atoms with Gasteiger partial charge in [0.25, 0.3) is 5.91 Å². The Morgan fingerprint density at radius 2 is 1.81 bits per heavy atom. The van der Waals surface area contributed by atoms with Crippen molar-refractivity contribution in [1.29, 1.82) is 0 Å². The van der Waals surface area contributed by atoms with E-state index in [1.807, 2.05) is 56.3 Å². The molecule has 0 aliphatic carbocycles. The van der Waals surface area contributed by atoms with Crippen LogP contribution in [-0.2, 0) is 0 Å². The van der Waals surface area contributed by atoms with E-state index in [1.165, 1.54) is 5.56 Å². The number of fused-ring (bicyclic) bond motifs is 1. The van der Waals surface area contributed by atoms with Crippen LogP contribution in [0.3, 0.4) is 0 Å². The molecule has 0 aliphatic rings. The molecule has 0 atom stereocenters. The molecule has 3 aromatic carbocycles. The fourth-order valence-electron chi connectivity index (χ4n) is 3.08. The van der Waals surface area contributed by atoms with Crippen LogP contribution in [-0.4, -0.2) is 22.6 Å². The second-order valence-corrected chi connectivity index (χ2v) is 7.76. The molecular weight excluding hydrogens is 422 g/mol. The Morgan fingerprint density at radius 1 is 1.06 bits per heavy atom. The van der Waals surface area contributed by atoms with Crippen molar-refractivity contribution < 1.29 is 13.9 Å². The first kappa shape index (κ1) is 21.5. The van der Waals surface area contributed by atoms with Crippen LogP contribution < -0.4 is 15.4 Å². The molecule has 0 saturated carbocycles. The van der Waals surface area contributed by atoms with Gasteiger partial charge in [0.1, 0.15) is 11.3 Å². The number of hydrogen-bond donors (Lipinski definition) is 2. The Hall–Kier alpha value is -3.71. The average molecular weight is 446 g/mol. The van der Waals surface area contributed by atoms with Gasteiger partial charge in [-0.15, -0.1) is 0 Å². The molecule has 1 heterocycles. The lowest BCUT2D eigenvalue weighted by Crippen LogP contribution is -2.34. The molecule has 4 rings (SSSR count). The molecule has 2 N–H and O–H groups in total. The van der Waals surface area contributed by atoms with E-state index in [0.717, 1.165) is 17.7 Å². The zero-order chi connectivity index (χ0) is 22.5. The molecule has 1 amide bonds. The molecule has 0 aliphatic heterocycles. The van der Waals surface area contributed by atoms with Crippen LogP contribution in [0.2, 0.25) is 0 Å². The van der Waals surface area contributed by atoms with Gasteiger partial charge in [0.05, 0.1) is 6.61 Å². The van der Waals surface area contributed by atoms with Crippen molar-refractivity contribution in [1.82, 2.24) is 10.3 Å². The first-order chi connectivity index (χ1) is 15.5.